The molecule has 2 saturated heterocycles. The van der Waals surface area contributed by atoms with Gasteiger partial charge < -0.3 is 15.0 Å². The highest BCUT2D eigenvalue weighted by Crippen LogP contribution is 2.38. The molecule has 2 fully saturated rings. The minimum Gasteiger partial charge on any atom is -0.381 e. The number of hydrogen-bond donors (Lipinski definition) is 1. The highest BCUT2D eigenvalue weighted by Gasteiger charge is 2.45. The van der Waals surface area contributed by atoms with Crippen LogP contribution in [0, 0.1) is 6.92 Å². The maximum absolute atomic E-state index is 14.1. The van der Waals surface area contributed by atoms with Gasteiger partial charge in [0.05, 0.1) is 11.5 Å². The van der Waals surface area contributed by atoms with Crippen LogP contribution in [0.1, 0.15) is 45.9 Å². The topological polar surface area (TPSA) is 61.9 Å². The van der Waals surface area contributed by atoms with Gasteiger partial charge >= 0.3 is 0 Å². The monoisotopic (exact) mass is 435 g/mol. The summed E-state index contributed by atoms with van der Waals surface area (Å²) in [6.45, 7) is 5.38. The second-order valence-electron chi connectivity index (χ2n) is 9.01. The second-order valence-corrected chi connectivity index (χ2v) is 9.01. The van der Waals surface area contributed by atoms with E-state index in [2.05, 4.69) is 48.5 Å². The molecule has 170 valence electrons. The zero-order chi connectivity index (χ0) is 22.7. The highest BCUT2D eigenvalue weighted by atomic mass is 16.5. The third-order valence-electron chi connectivity index (χ3n) is 7.06. The number of carbonyl (C=O) groups excluding carboxylic acids is 2. The number of hydrogen-bond acceptors (Lipinski definition) is 4. The Morgan fingerprint density at radius 2 is 1.78 bits per heavy atom. The van der Waals surface area contributed by atoms with Crippen LogP contribution in [-0.2, 0) is 14.9 Å². The van der Waals surface area contributed by atoms with Gasteiger partial charge in [0.2, 0.25) is 5.91 Å². The molecule has 6 nitrogen and oxygen atoms in total. The van der Waals surface area contributed by atoms with Crippen LogP contribution in [0.3, 0.4) is 0 Å². The van der Waals surface area contributed by atoms with Crippen LogP contribution in [0.25, 0.3) is 0 Å². The molecule has 0 spiro atoms. The lowest BCUT2D eigenvalue weighted by Crippen LogP contribution is -2.56. The number of rotatable bonds is 4. The van der Waals surface area contributed by atoms with E-state index in [-0.39, 0.29) is 17.9 Å². The maximum atomic E-state index is 14.1. The van der Waals surface area contributed by atoms with E-state index in [0.29, 0.717) is 44.7 Å². The van der Waals surface area contributed by atoms with Gasteiger partial charge in [-0.2, -0.15) is 0 Å². The summed E-state index contributed by atoms with van der Waals surface area (Å²) in [5.41, 5.74) is 3.45. The molecule has 2 aromatic carbocycles. The van der Waals surface area contributed by atoms with E-state index >= 15 is 0 Å². The van der Waals surface area contributed by atoms with Crippen molar-refractivity contribution in [2.75, 3.05) is 46.9 Å². The normalized spacial score (nSPS) is 21.2. The number of benzene rings is 2. The molecule has 1 N–H and O–H groups in total. The number of nitrogens with zero attached hydrogens (tertiary/aromatic N) is 2. The van der Waals surface area contributed by atoms with Crippen LogP contribution in [0.15, 0.2) is 48.5 Å². The standard InChI is InChI=1S/C26H33N3O3/c1-19-7-9-22(10-8-19)26(11-15-32-16-12-26)25(31)29-14-13-28(3)23(18-29)20-5-4-6-21(17-20)24(30)27-2/h4-10,17,23H,11-16,18H2,1-3H3,(H,27,30)/t23-/m0/s1. The maximum Gasteiger partial charge on any atom is 0.251 e. The van der Waals surface area contributed by atoms with Crippen molar-refractivity contribution in [2.45, 2.75) is 31.2 Å². The molecule has 2 heterocycles. The van der Waals surface area contributed by atoms with Crippen molar-refractivity contribution in [1.82, 2.24) is 15.1 Å². The predicted octanol–water partition coefficient (Wildman–Crippen LogP) is 2.92. The lowest BCUT2D eigenvalue weighted by molar-refractivity contribution is -0.144. The van der Waals surface area contributed by atoms with Crippen LogP contribution < -0.4 is 5.32 Å². The first-order chi connectivity index (χ1) is 15.4. The van der Waals surface area contributed by atoms with Gasteiger partial charge in [-0.25, -0.2) is 0 Å². The summed E-state index contributed by atoms with van der Waals surface area (Å²) in [5.74, 6) is 0.101. The Morgan fingerprint density at radius 3 is 2.47 bits per heavy atom. The molecular formula is C26H33N3O3. The summed E-state index contributed by atoms with van der Waals surface area (Å²) in [6.07, 6.45) is 1.41. The second kappa shape index (κ2) is 9.43. The number of piperazine rings is 1. The van der Waals surface area contributed by atoms with Crippen LogP contribution in [0.5, 0.6) is 0 Å². The molecule has 2 aliphatic heterocycles. The smallest absolute Gasteiger partial charge is 0.251 e. The molecule has 6 heteroatoms. The van der Waals surface area contributed by atoms with Crippen LogP contribution in [0.4, 0.5) is 0 Å². The van der Waals surface area contributed by atoms with Gasteiger partial charge in [-0.15, -0.1) is 0 Å². The number of nitrogens with one attached hydrogen (secondary N) is 1. The van der Waals surface area contributed by atoms with Crippen molar-refractivity contribution in [3.05, 3.63) is 70.8 Å². The summed E-state index contributed by atoms with van der Waals surface area (Å²) < 4.78 is 5.64. The summed E-state index contributed by atoms with van der Waals surface area (Å²) >= 11 is 0. The first kappa shape index (κ1) is 22.5. The molecule has 2 amide bonds. The van der Waals surface area contributed by atoms with Crippen molar-refractivity contribution in [2.24, 2.45) is 0 Å². The largest absolute Gasteiger partial charge is 0.381 e. The van der Waals surface area contributed by atoms with Crippen molar-refractivity contribution >= 4 is 11.8 Å². The van der Waals surface area contributed by atoms with E-state index in [1.807, 2.05) is 29.2 Å². The Labute approximate surface area is 190 Å². The number of likely N-dealkylation sites (N-methyl/N-ethyl adjacent to an activating group) is 1. The number of amides is 2. The predicted molar refractivity (Wildman–Crippen MR) is 125 cm³/mol. The van der Waals surface area contributed by atoms with Gasteiger partial charge in [0.25, 0.3) is 5.91 Å². The van der Waals surface area contributed by atoms with E-state index in [0.717, 1.165) is 17.7 Å². The van der Waals surface area contributed by atoms with Gasteiger partial charge in [-0.3, -0.25) is 14.5 Å². The molecule has 2 aliphatic rings. The van der Waals surface area contributed by atoms with Crippen molar-refractivity contribution < 1.29 is 14.3 Å². The fourth-order valence-electron chi connectivity index (χ4n) is 4.97. The lowest BCUT2D eigenvalue weighted by atomic mass is 9.72. The SMILES string of the molecule is CNC(=O)c1cccc([C@@H]2CN(C(=O)C3(c4ccc(C)cc4)CCOCC3)CCN2C)c1. The molecule has 32 heavy (non-hydrogen) atoms. The Kier molecular flexibility index (Phi) is 6.63. The van der Waals surface area contributed by atoms with Crippen LogP contribution >= 0.6 is 0 Å². The van der Waals surface area contributed by atoms with Crippen LogP contribution in [0.2, 0.25) is 0 Å². The molecule has 0 aromatic heterocycles. The lowest BCUT2D eigenvalue weighted by Gasteiger charge is -2.45. The fraction of sp³-hybridized carbons (Fsp3) is 0.462. The Balaban J connectivity index is 1.62. The molecule has 0 aliphatic carbocycles. The summed E-state index contributed by atoms with van der Waals surface area (Å²) in [5, 5.41) is 2.69. The number of aryl methyl sites for hydroxylation is 1. The number of ether oxygens (including phenoxy) is 1. The summed E-state index contributed by atoms with van der Waals surface area (Å²) in [7, 11) is 3.73. The first-order valence-corrected chi connectivity index (χ1v) is 11.4. The van der Waals surface area contributed by atoms with Crippen molar-refractivity contribution in [3.63, 3.8) is 0 Å². The first-order valence-electron chi connectivity index (χ1n) is 11.4. The van der Waals surface area contributed by atoms with Crippen molar-refractivity contribution in [1.29, 1.82) is 0 Å². The molecule has 2 aromatic rings. The molecule has 0 bridgehead atoms. The molecule has 4 rings (SSSR count). The molecule has 1 atom stereocenters. The van der Waals surface area contributed by atoms with E-state index in [9.17, 15) is 9.59 Å². The quantitative estimate of drug-likeness (QED) is 0.802. The van der Waals surface area contributed by atoms with E-state index in [1.165, 1.54) is 5.56 Å². The average Bonchev–Trinajstić information content (AvgIpc) is 2.84. The van der Waals surface area contributed by atoms with E-state index < -0.39 is 5.41 Å². The minimum absolute atomic E-state index is 0.0483. The van der Waals surface area contributed by atoms with Gasteiger partial charge in [0.1, 0.15) is 0 Å². The van der Waals surface area contributed by atoms with Gasteiger partial charge in [0, 0.05) is 45.5 Å². The Hall–Kier alpha value is -2.70. The number of carbonyl (C=O) groups is 2. The molecule has 0 unspecified atom stereocenters. The molecular weight excluding hydrogens is 402 g/mol. The van der Waals surface area contributed by atoms with Gasteiger partial charge in [0.15, 0.2) is 0 Å². The van der Waals surface area contributed by atoms with E-state index in [4.69, 9.17) is 4.74 Å². The van der Waals surface area contributed by atoms with E-state index in [1.54, 1.807) is 7.05 Å². The zero-order valence-electron chi connectivity index (χ0n) is 19.3. The fourth-order valence-corrected chi connectivity index (χ4v) is 4.97. The van der Waals surface area contributed by atoms with Crippen LogP contribution in [-0.4, -0.2) is 68.6 Å². The molecule has 0 saturated carbocycles. The Bertz CT molecular complexity index is 967. The van der Waals surface area contributed by atoms with Gasteiger partial charge in [-0.1, -0.05) is 42.0 Å². The average molecular weight is 436 g/mol. The minimum atomic E-state index is -0.531. The third-order valence-corrected chi connectivity index (χ3v) is 7.06. The van der Waals surface area contributed by atoms with Crippen molar-refractivity contribution in [3.8, 4) is 0 Å². The highest BCUT2D eigenvalue weighted by molar-refractivity contribution is 5.94. The third kappa shape index (κ3) is 4.30. The summed E-state index contributed by atoms with van der Waals surface area (Å²) in [6, 6.07) is 16.2. The molecule has 0 radical (unpaired) electrons. The van der Waals surface area contributed by atoms with Gasteiger partial charge in [-0.05, 0) is 50.1 Å². The zero-order valence-corrected chi connectivity index (χ0v) is 19.3. The summed E-state index contributed by atoms with van der Waals surface area (Å²) in [4.78, 5) is 30.5. The Morgan fingerprint density at radius 1 is 1.06 bits per heavy atom.